The third-order valence-electron chi connectivity index (χ3n) is 2.30. The molecule has 0 amide bonds. The van der Waals surface area contributed by atoms with E-state index >= 15 is 0 Å². The van der Waals surface area contributed by atoms with E-state index in [9.17, 15) is 0 Å². The molecule has 0 bridgehead atoms. The second-order valence-corrected chi connectivity index (χ2v) is 4.87. The van der Waals surface area contributed by atoms with E-state index in [1.807, 2.05) is 54.6 Å². The predicted octanol–water partition coefficient (Wildman–Crippen LogP) is 4.93. The summed E-state index contributed by atoms with van der Waals surface area (Å²) in [5.41, 5.74) is 1.22. The number of benzene rings is 2. The van der Waals surface area contributed by atoms with Crippen LogP contribution in [-0.4, -0.2) is 0 Å². The Hall–Kier alpha value is -1.54. The van der Waals surface area contributed by atoms with Crippen LogP contribution < -0.4 is 4.74 Å². The molecule has 0 spiro atoms. The van der Waals surface area contributed by atoms with Crippen LogP contribution in [0, 0.1) is 0 Å². The quantitative estimate of drug-likeness (QED) is 0.775. The summed E-state index contributed by atoms with van der Waals surface area (Å²) in [6, 6.07) is 17.8. The van der Waals surface area contributed by atoms with Crippen LogP contribution in [0.3, 0.4) is 0 Å². The summed E-state index contributed by atoms with van der Waals surface area (Å²) in [7, 11) is 0. The summed E-state index contributed by atoms with van der Waals surface area (Å²) >= 11 is 3.36. The molecule has 0 aromatic heterocycles. The van der Waals surface area contributed by atoms with Gasteiger partial charge in [-0.25, -0.2) is 0 Å². The Labute approximate surface area is 110 Å². The molecule has 86 valence electrons. The lowest BCUT2D eigenvalue weighted by molar-refractivity contribution is 0.482. The van der Waals surface area contributed by atoms with Gasteiger partial charge in [0.15, 0.2) is 0 Å². The molecule has 2 rings (SSSR count). The minimum atomic E-state index is 0.839. The Morgan fingerprint density at radius 3 is 2.12 bits per heavy atom. The third kappa shape index (κ3) is 3.75. The van der Waals surface area contributed by atoms with Gasteiger partial charge in [0.2, 0.25) is 0 Å². The van der Waals surface area contributed by atoms with Gasteiger partial charge >= 0.3 is 0 Å². The molecule has 0 aliphatic rings. The van der Waals surface area contributed by atoms with Crippen LogP contribution in [0.4, 0.5) is 0 Å². The van der Waals surface area contributed by atoms with Crippen LogP contribution in [0.25, 0.3) is 0 Å². The van der Waals surface area contributed by atoms with Crippen LogP contribution in [0.2, 0.25) is 0 Å². The van der Waals surface area contributed by atoms with Crippen LogP contribution >= 0.6 is 15.9 Å². The van der Waals surface area contributed by atoms with Crippen molar-refractivity contribution in [1.29, 1.82) is 0 Å². The maximum atomic E-state index is 5.70. The molecule has 0 aliphatic carbocycles. The second kappa shape index (κ2) is 5.69. The minimum absolute atomic E-state index is 0.839. The largest absolute Gasteiger partial charge is 0.457 e. The van der Waals surface area contributed by atoms with Gasteiger partial charge in [0.1, 0.15) is 11.5 Å². The molecule has 0 atom stereocenters. The van der Waals surface area contributed by atoms with E-state index in [2.05, 4.69) is 22.5 Å². The van der Waals surface area contributed by atoms with Gasteiger partial charge in [0.25, 0.3) is 0 Å². The van der Waals surface area contributed by atoms with Crippen molar-refractivity contribution in [2.75, 3.05) is 0 Å². The summed E-state index contributed by atoms with van der Waals surface area (Å²) < 4.78 is 6.68. The first kappa shape index (κ1) is 11.9. The number of allylic oxidation sites excluding steroid dienone is 1. The Morgan fingerprint density at radius 2 is 1.53 bits per heavy atom. The fourth-order valence-corrected chi connectivity index (χ4v) is 1.85. The maximum Gasteiger partial charge on any atom is 0.127 e. The molecule has 0 fully saturated rings. The summed E-state index contributed by atoms with van der Waals surface area (Å²) in [4.78, 5) is 0. The number of hydrogen-bond acceptors (Lipinski definition) is 1. The number of para-hydroxylation sites is 1. The van der Waals surface area contributed by atoms with Crippen LogP contribution in [0.5, 0.6) is 11.5 Å². The van der Waals surface area contributed by atoms with E-state index in [0.29, 0.717) is 0 Å². The van der Waals surface area contributed by atoms with Gasteiger partial charge in [-0.05, 0) is 34.3 Å². The van der Waals surface area contributed by atoms with E-state index in [-0.39, 0.29) is 0 Å². The van der Waals surface area contributed by atoms with Crippen molar-refractivity contribution in [2.24, 2.45) is 0 Å². The number of rotatable bonds is 4. The highest BCUT2D eigenvalue weighted by Crippen LogP contribution is 2.22. The van der Waals surface area contributed by atoms with E-state index in [0.717, 1.165) is 22.4 Å². The highest BCUT2D eigenvalue weighted by molar-refractivity contribution is 9.11. The lowest BCUT2D eigenvalue weighted by Gasteiger charge is -2.06. The molecule has 17 heavy (non-hydrogen) atoms. The zero-order chi connectivity index (χ0) is 12.1. The Bertz CT molecular complexity index is 488. The van der Waals surface area contributed by atoms with Crippen LogP contribution in [-0.2, 0) is 6.42 Å². The highest BCUT2D eigenvalue weighted by atomic mass is 79.9. The maximum absolute atomic E-state index is 5.70. The first-order valence-corrected chi connectivity index (χ1v) is 6.18. The molecule has 0 unspecified atom stereocenters. The molecule has 0 N–H and O–H groups in total. The summed E-state index contributed by atoms with van der Waals surface area (Å²) in [6.07, 6.45) is 0.839. The van der Waals surface area contributed by atoms with Gasteiger partial charge < -0.3 is 4.74 Å². The first-order valence-electron chi connectivity index (χ1n) is 5.39. The molecule has 2 aromatic rings. The minimum Gasteiger partial charge on any atom is -0.457 e. The average Bonchev–Trinajstić information content (AvgIpc) is 2.32. The highest BCUT2D eigenvalue weighted by Gasteiger charge is 1.98. The second-order valence-electron chi connectivity index (χ2n) is 3.75. The standard InChI is InChI=1S/C15H13BrO/c1-12(16)11-13-7-9-15(10-8-13)17-14-5-3-2-4-6-14/h2-10H,1,11H2. The zero-order valence-corrected chi connectivity index (χ0v) is 11.0. The molecule has 1 nitrogen and oxygen atoms in total. The fraction of sp³-hybridized carbons (Fsp3) is 0.0667. The van der Waals surface area contributed by atoms with Crippen molar-refractivity contribution < 1.29 is 4.74 Å². The third-order valence-corrected chi connectivity index (χ3v) is 2.58. The molecule has 2 heteroatoms. The smallest absolute Gasteiger partial charge is 0.127 e. The Kier molecular flexibility index (Phi) is 3.99. The molecular formula is C15H13BrO. The van der Waals surface area contributed by atoms with Crippen molar-refractivity contribution in [2.45, 2.75) is 6.42 Å². The van der Waals surface area contributed by atoms with Gasteiger partial charge in [-0.2, -0.15) is 0 Å². The zero-order valence-electron chi connectivity index (χ0n) is 9.40. The number of halogens is 1. The monoisotopic (exact) mass is 288 g/mol. The molecule has 0 heterocycles. The summed E-state index contributed by atoms with van der Waals surface area (Å²) in [5.74, 6) is 1.70. The van der Waals surface area contributed by atoms with Gasteiger partial charge in [-0.1, -0.05) is 52.8 Å². The van der Waals surface area contributed by atoms with Gasteiger partial charge in [0.05, 0.1) is 0 Å². The topological polar surface area (TPSA) is 9.23 Å². The van der Waals surface area contributed by atoms with E-state index in [4.69, 9.17) is 4.74 Å². The molecule has 2 aromatic carbocycles. The predicted molar refractivity (Wildman–Crippen MR) is 74.7 cm³/mol. The number of ether oxygens (including phenoxy) is 1. The van der Waals surface area contributed by atoms with Crippen molar-refractivity contribution >= 4 is 15.9 Å². The van der Waals surface area contributed by atoms with E-state index in [1.54, 1.807) is 0 Å². The fourth-order valence-electron chi connectivity index (χ4n) is 1.52. The lowest BCUT2D eigenvalue weighted by atomic mass is 10.1. The Morgan fingerprint density at radius 1 is 0.941 bits per heavy atom. The summed E-state index contributed by atoms with van der Waals surface area (Å²) in [5, 5.41) is 0. The van der Waals surface area contributed by atoms with Crippen molar-refractivity contribution in [3.8, 4) is 11.5 Å². The lowest BCUT2D eigenvalue weighted by Crippen LogP contribution is -1.86. The van der Waals surface area contributed by atoms with Crippen LogP contribution in [0.1, 0.15) is 5.56 Å². The number of hydrogen-bond donors (Lipinski definition) is 0. The van der Waals surface area contributed by atoms with Gasteiger partial charge in [0, 0.05) is 6.42 Å². The van der Waals surface area contributed by atoms with Gasteiger partial charge in [-0.3, -0.25) is 0 Å². The molecule has 0 saturated heterocycles. The Balaban J connectivity index is 2.06. The normalized spacial score (nSPS) is 9.94. The molecular weight excluding hydrogens is 276 g/mol. The van der Waals surface area contributed by atoms with Gasteiger partial charge in [-0.15, -0.1) is 0 Å². The van der Waals surface area contributed by atoms with Crippen LogP contribution in [0.15, 0.2) is 65.7 Å². The molecule has 0 radical (unpaired) electrons. The van der Waals surface area contributed by atoms with Crippen molar-refractivity contribution in [3.63, 3.8) is 0 Å². The average molecular weight is 289 g/mol. The summed E-state index contributed by atoms with van der Waals surface area (Å²) in [6.45, 7) is 3.83. The van der Waals surface area contributed by atoms with Crippen molar-refractivity contribution in [1.82, 2.24) is 0 Å². The van der Waals surface area contributed by atoms with Crippen molar-refractivity contribution in [3.05, 3.63) is 71.2 Å². The SMILES string of the molecule is C=C(Br)Cc1ccc(Oc2ccccc2)cc1. The van der Waals surface area contributed by atoms with E-state index in [1.165, 1.54) is 5.56 Å². The van der Waals surface area contributed by atoms with E-state index < -0.39 is 0 Å². The molecule has 0 aliphatic heterocycles. The first-order chi connectivity index (χ1) is 8.24. The molecule has 0 saturated carbocycles.